The lowest BCUT2D eigenvalue weighted by Gasteiger charge is -2.23. The number of carbonyl (C=O) groups excluding carboxylic acids is 1. The van der Waals surface area contributed by atoms with E-state index in [2.05, 4.69) is 23.7 Å². The van der Waals surface area contributed by atoms with Gasteiger partial charge in [0, 0.05) is 32.4 Å². The van der Waals surface area contributed by atoms with Gasteiger partial charge in [0.25, 0.3) is 0 Å². The van der Waals surface area contributed by atoms with Gasteiger partial charge in [-0.1, -0.05) is 13.8 Å². The van der Waals surface area contributed by atoms with Crippen LogP contribution in [0.15, 0.2) is 6.33 Å². The zero-order valence-electron chi connectivity index (χ0n) is 14.7. The van der Waals surface area contributed by atoms with Gasteiger partial charge in [0.05, 0.1) is 12.0 Å². The molecule has 0 N–H and O–H groups in total. The third-order valence-corrected chi connectivity index (χ3v) is 4.60. The second-order valence-corrected chi connectivity index (χ2v) is 7.13. The normalized spacial score (nSPS) is 19.1. The molecule has 0 aliphatic carbocycles. The minimum absolute atomic E-state index is 0.169. The molecule has 5 nitrogen and oxygen atoms in total. The third kappa shape index (κ3) is 4.32. The number of hydrogen-bond donors (Lipinski definition) is 0. The number of aromatic nitrogens is 2. The highest BCUT2D eigenvalue weighted by atomic mass is 16.2. The Morgan fingerprint density at radius 3 is 2.77 bits per heavy atom. The summed E-state index contributed by atoms with van der Waals surface area (Å²) in [4.78, 5) is 21.1. The van der Waals surface area contributed by atoms with E-state index in [9.17, 15) is 4.79 Å². The van der Waals surface area contributed by atoms with Gasteiger partial charge in [-0.25, -0.2) is 4.98 Å². The quantitative estimate of drug-likeness (QED) is 0.806. The van der Waals surface area contributed by atoms with Crippen LogP contribution in [0.25, 0.3) is 0 Å². The molecule has 1 aromatic rings. The molecule has 0 aromatic carbocycles. The Balaban J connectivity index is 1.81. The summed E-state index contributed by atoms with van der Waals surface area (Å²) in [5.41, 5.74) is 2.07. The molecule has 0 bridgehead atoms. The summed E-state index contributed by atoms with van der Waals surface area (Å²) in [6, 6.07) is 0. The Hall–Kier alpha value is -1.36. The van der Waals surface area contributed by atoms with Crippen molar-refractivity contribution >= 4 is 5.91 Å². The van der Waals surface area contributed by atoms with Crippen molar-refractivity contribution in [1.29, 1.82) is 0 Å². The van der Waals surface area contributed by atoms with Gasteiger partial charge in [-0.3, -0.25) is 4.79 Å². The maximum Gasteiger partial charge on any atom is 0.242 e. The zero-order valence-corrected chi connectivity index (χ0v) is 14.7. The molecule has 124 valence electrons. The smallest absolute Gasteiger partial charge is 0.242 e. The van der Waals surface area contributed by atoms with Crippen molar-refractivity contribution in [2.45, 2.75) is 40.7 Å². The molecule has 2 heterocycles. The van der Waals surface area contributed by atoms with Crippen molar-refractivity contribution in [2.24, 2.45) is 11.8 Å². The highest BCUT2D eigenvalue weighted by Gasteiger charge is 2.25. The van der Waals surface area contributed by atoms with Crippen molar-refractivity contribution < 1.29 is 4.79 Å². The topological polar surface area (TPSA) is 41.4 Å². The first kappa shape index (κ1) is 17.0. The number of nitrogens with zero attached hydrogens (tertiary/aromatic N) is 4. The molecule has 1 aliphatic heterocycles. The summed E-state index contributed by atoms with van der Waals surface area (Å²) >= 11 is 0. The van der Waals surface area contributed by atoms with Gasteiger partial charge in [-0.05, 0) is 38.6 Å². The number of aryl methyl sites for hydroxylation is 1. The Bertz CT molecular complexity index is 509. The van der Waals surface area contributed by atoms with E-state index in [1.54, 1.807) is 6.33 Å². The fourth-order valence-electron chi connectivity index (χ4n) is 3.20. The average molecular weight is 306 g/mol. The monoisotopic (exact) mass is 306 g/mol. The van der Waals surface area contributed by atoms with Crippen LogP contribution in [0.1, 0.15) is 31.7 Å². The standard InChI is InChI=1S/C17H30N4O/c1-13(2)8-20-7-6-16(10-20)9-19(5)17(22)11-21-12-18-14(3)15(21)4/h12-13,16H,6-11H2,1-5H3/t16-/m1/s1. The first-order valence-electron chi connectivity index (χ1n) is 8.31. The van der Waals surface area contributed by atoms with Gasteiger partial charge >= 0.3 is 0 Å². The van der Waals surface area contributed by atoms with Crippen molar-refractivity contribution in [1.82, 2.24) is 19.4 Å². The Labute approximate surface area is 134 Å². The Kier molecular flexibility index (Phi) is 5.62. The van der Waals surface area contributed by atoms with Gasteiger partial charge < -0.3 is 14.4 Å². The summed E-state index contributed by atoms with van der Waals surface area (Å²) in [5, 5.41) is 0. The second-order valence-electron chi connectivity index (χ2n) is 7.13. The van der Waals surface area contributed by atoms with E-state index in [0.717, 1.165) is 24.5 Å². The minimum atomic E-state index is 0.169. The van der Waals surface area contributed by atoms with Crippen molar-refractivity contribution in [3.05, 3.63) is 17.7 Å². The number of rotatable bonds is 6. The van der Waals surface area contributed by atoms with E-state index in [4.69, 9.17) is 0 Å². The molecule has 22 heavy (non-hydrogen) atoms. The zero-order chi connectivity index (χ0) is 16.3. The SMILES string of the molecule is Cc1ncn(CC(=O)N(C)C[C@H]2CCN(CC(C)C)C2)c1C. The van der Waals surface area contributed by atoms with E-state index >= 15 is 0 Å². The Morgan fingerprint density at radius 2 is 2.18 bits per heavy atom. The summed E-state index contributed by atoms with van der Waals surface area (Å²) in [5.74, 6) is 1.49. The minimum Gasteiger partial charge on any atom is -0.344 e. The number of hydrogen-bond acceptors (Lipinski definition) is 3. The number of imidazole rings is 1. The van der Waals surface area contributed by atoms with E-state index in [1.807, 2.05) is 30.4 Å². The van der Waals surface area contributed by atoms with Crippen molar-refractivity contribution in [3.8, 4) is 0 Å². The highest BCUT2D eigenvalue weighted by Crippen LogP contribution is 2.18. The fraction of sp³-hybridized carbons (Fsp3) is 0.765. The largest absolute Gasteiger partial charge is 0.344 e. The predicted molar refractivity (Wildman–Crippen MR) is 88.7 cm³/mol. The van der Waals surface area contributed by atoms with Gasteiger partial charge in [0.15, 0.2) is 0 Å². The number of likely N-dealkylation sites (tertiary alicyclic amines) is 1. The van der Waals surface area contributed by atoms with Crippen LogP contribution in [0.4, 0.5) is 0 Å². The molecule has 5 heteroatoms. The summed E-state index contributed by atoms with van der Waals surface area (Å²) in [7, 11) is 1.92. The number of amides is 1. The van der Waals surface area contributed by atoms with E-state index < -0.39 is 0 Å². The maximum atomic E-state index is 12.4. The molecule has 1 aromatic heterocycles. The van der Waals surface area contributed by atoms with Crippen LogP contribution in [0.5, 0.6) is 0 Å². The lowest BCUT2D eigenvalue weighted by Crippen LogP contribution is -2.35. The van der Waals surface area contributed by atoms with Crippen molar-refractivity contribution in [2.75, 3.05) is 33.2 Å². The van der Waals surface area contributed by atoms with E-state index in [0.29, 0.717) is 18.4 Å². The maximum absolute atomic E-state index is 12.4. The van der Waals surface area contributed by atoms with Crippen LogP contribution in [0.3, 0.4) is 0 Å². The molecule has 1 amide bonds. The fourth-order valence-corrected chi connectivity index (χ4v) is 3.20. The van der Waals surface area contributed by atoms with E-state index in [1.165, 1.54) is 19.5 Å². The lowest BCUT2D eigenvalue weighted by atomic mass is 10.1. The van der Waals surface area contributed by atoms with E-state index in [-0.39, 0.29) is 5.91 Å². The molecule has 1 saturated heterocycles. The first-order chi connectivity index (χ1) is 10.4. The number of carbonyl (C=O) groups is 1. The second kappa shape index (κ2) is 7.27. The molecule has 0 radical (unpaired) electrons. The molecule has 1 fully saturated rings. The van der Waals surface area contributed by atoms with Crippen LogP contribution in [-0.2, 0) is 11.3 Å². The van der Waals surface area contributed by atoms with Gasteiger partial charge in [-0.2, -0.15) is 0 Å². The molecule has 0 unspecified atom stereocenters. The summed E-state index contributed by atoms with van der Waals surface area (Å²) < 4.78 is 1.94. The molecule has 1 atom stereocenters. The van der Waals surface area contributed by atoms with Gasteiger partial charge in [-0.15, -0.1) is 0 Å². The van der Waals surface area contributed by atoms with Crippen LogP contribution in [0.2, 0.25) is 0 Å². The highest BCUT2D eigenvalue weighted by molar-refractivity contribution is 5.75. The molecule has 0 saturated carbocycles. The van der Waals surface area contributed by atoms with Crippen LogP contribution >= 0.6 is 0 Å². The van der Waals surface area contributed by atoms with Crippen LogP contribution in [0, 0.1) is 25.7 Å². The predicted octanol–water partition coefficient (Wildman–Crippen LogP) is 1.94. The molecule has 1 aliphatic rings. The lowest BCUT2D eigenvalue weighted by molar-refractivity contribution is -0.131. The summed E-state index contributed by atoms with van der Waals surface area (Å²) in [6.07, 6.45) is 2.96. The van der Waals surface area contributed by atoms with Crippen LogP contribution in [-0.4, -0.2) is 58.5 Å². The molecular formula is C17H30N4O. The average Bonchev–Trinajstić information content (AvgIpc) is 2.99. The molecule has 0 spiro atoms. The molecule has 2 rings (SSSR count). The first-order valence-corrected chi connectivity index (χ1v) is 8.31. The van der Waals surface area contributed by atoms with Crippen molar-refractivity contribution in [3.63, 3.8) is 0 Å². The molecular weight excluding hydrogens is 276 g/mol. The van der Waals surface area contributed by atoms with Gasteiger partial charge in [0.2, 0.25) is 5.91 Å². The Morgan fingerprint density at radius 1 is 1.45 bits per heavy atom. The number of likely N-dealkylation sites (N-methyl/N-ethyl adjacent to an activating group) is 1. The van der Waals surface area contributed by atoms with Crippen LogP contribution < -0.4 is 0 Å². The third-order valence-electron chi connectivity index (χ3n) is 4.60. The van der Waals surface area contributed by atoms with Gasteiger partial charge in [0.1, 0.15) is 6.54 Å². The summed E-state index contributed by atoms with van der Waals surface area (Å²) in [6.45, 7) is 13.2.